The molecule has 9 heteroatoms. The average Bonchev–Trinajstić information content (AvgIpc) is 3.13. The molecule has 3 aromatic carbocycles. The highest BCUT2D eigenvalue weighted by molar-refractivity contribution is 5.47. The highest BCUT2D eigenvalue weighted by Crippen LogP contribution is 2.40. The van der Waals surface area contributed by atoms with Crippen molar-refractivity contribution in [2.75, 3.05) is 106 Å². The molecule has 0 aliphatic carbocycles. The van der Waals surface area contributed by atoms with E-state index in [0.717, 1.165) is 42.6 Å². The van der Waals surface area contributed by atoms with Gasteiger partial charge in [-0.15, -0.1) is 0 Å². The third-order valence-electron chi connectivity index (χ3n) is 7.81. The molecule has 0 unspecified atom stereocenters. The number of hydrogen-bond donors (Lipinski definition) is 1. The molecule has 0 spiro atoms. The molecule has 1 N–H and O–H groups in total. The molecule has 0 radical (unpaired) electrons. The van der Waals surface area contributed by atoms with Crippen LogP contribution in [-0.4, -0.2) is 112 Å². The van der Waals surface area contributed by atoms with Gasteiger partial charge in [0.2, 0.25) is 0 Å². The Morgan fingerprint density at radius 2 is 0.745 bits per heavy atom. The molecular weight excluding hydrogens is 598 g/mol. The molecule has 4 rings (SSSR count). The summed E-state index contributed by atoms with van der Waals surface area (Å²) in [7, 11) is 0. The summed E-state index contributed by atoms with van der Waals surface area (Å²) in [4.78, 5) is 0. The summed E-state index contributed by atoms with van der Waals surface area (Å²) in [5, 5.41) is 3.34. The molecule has 1 fully saturated rings. The van der Waals surface area contributed by atoms with Crippen LogP contribution in [0.15, 0.2) is 91.0 Å². The third kappa shape index (κ3) is 13.7. The van der Waals surface area contributed by atoms with Crippen molar-refractivity contribution in [3.05, 3.63) is 108 Å². The van der Waals surface area contributed by atoms with Crippen molar-refractivity contribution >= 4 is 0 Å². The van der Waals surface area contributed by atoms with Crippen LogP contribution in [0.4, 0.5) is 0 Å². The maximum Gasteiger partial charge on any atom is 0.143 e. The smallest absolute Gasteiger partial charge is 0.143 e. The van der Waals surface area contributed by atoms with Gasteiger partial charge in [0.05, 0.1) is 98.6 Å². The minimum atomic E-state index is -0.741. The largest absolute Gasteiger partial charge is 0.377 e. The fourth-order valence-corrected chi connectivity index (χ4v) is 5.46. The minimum Gasteiger partial charge on any atom is -0.377 e. The van der Waals surface area contributed by atoms with Gasteiger partial charge in [-0.3, -0.25) is 0 Å². The first-order valence-electron chi connectivity index (χ1n) is 17.0. The zero-order valence-electron chi connectivity index (χ0n) is 27.7. The Labute approximate surface area is 280 Å². The number of benzene rings is 3. The van der Waals surface area contributed by atoms with E-state index in [1.165, 1.54) is 0 Å². The Morgan fingerprint density at radius 1 is 0.426 bits per heavy atom. The van der Waals surface area contributed by atoms with Crippen LogP contribution in [0.5, 0.6) is 0 Å². The van der Waals surface area contributed by atoms with E-state index in [1.807, 2.05) is 54.6 Å². The van der Waals surface area contributed by atoms with Crippen LogP contribution in [0.2, 0.25) is 0 Å². The van der Waals surface area contributed by atoms with Crippen LogP contribution in [0.25, 0.3) is 0 Å². The average molecular weight is 652 g/mol. The van der Waals surface area contributed by atoms with E-state index >= 15 is 0 Å². The van der Waals surface area contributed by atoms with E-state index in [2.05, 4.69) is 41.7 Å². The van der Waals surface area contributed by atoms with Gasteiger partial charge in [0.1, 0.15) is 5.60 Å². The highest BCUT2D eigenvalue weighted by Gasteiger charge is 2.37. The van der Waals surface area contributed by atoms with E-state index in [4.69, 9.17) is 37.9 Å². The summed E-state index contributed by atoms with van der Waals surface area (Å²) >= 11 is 0. The minimum absolute atomic E-state index is 0.371. The molecule has 0 bridgehead atoms. The van der Waals surface area contributed by atoms with Crippen molar-refractivity contribution in [2.24, 2.45) is 0 Å². The first kappa shape index (κ1) is 37.1. The quantitative estimate of drug-likeness (QED) is 0.0966. The van der Waals surface area contributed by atoms with Crippen LogP contribution in [-0.2, 0) is 43.5 Å². The molecule has 0 atom stereocenters. The van der Waals surface area contributed by atoms with Crippen molar-refractivity contribution in [1.29, 1.82) is 0 Å². The first-order valence-corrected chi connectivity index (χ1v) is 17.0. The van der Waals surface area contributed by atoms with Crippen LogP contribution in [0.1, 0.15) is 29.5 Å². The molecule has 3 aromatic rings. The Kier molecular flexibility index (Phi) is 18.6. The lowest BCUT2D eigenvalue weighted by molar-refractivity contribution is -0.0403. The summed E-state index contributed by atoms with van der Waals surface area (Å²) in [5.74, 6) is 0. The maximum absolute atomic E-state index is 6.73. The fourth-order valence-electron chi connectivity index (χ4n) is 5.46. The Balaban J connectivity index is 0.971. The summed E-state index contributed by atoms with van der Waals surface area (Å²) in [6.07, 6.45) is 2.53. The van der Waals surface area contributed by atoms with Gasteiger partial charge >= 0.3 is 0 Å². The van der Waals surface area contributed by atoms with E-state index in [9.17, 15) is 0 Å². The maximum atomic E-state index is 6.73. The normalized spacial score (nSPS) is 14.0. The van der Waals surface area contributed by atoms with Crippen molar-refractivity contribution in [1.82, 2.24) is 5.32 Å². The molecule has 1 aliphatic heterocycles. The van der Waals surface area contributed by atoms with Crippen LogP contribution < -0.4 is 5.32 Å². The fraction of sp³-hybridized carbons (Fsp3) is 0.526. The van der Waals surface area contributed by atoms with E-state index in [-0.39, 0.29) is 0 Å². The Hall–Kier alpha value is -2.70. The number of rotatable bonds is 26. The van der Waals surface area contributed by atoms with Gasteiger partial charge in [-0.1, -0.05) is 91.0 Å². The standard InChI is InChI=1S/C38H53NO8/c1-4-10-34(11-5-1)38(35-12-6-2-7-13-35,36-14-8-3-9-15-36)47-33-31-45-29-27-43-25-23-41-21-20-40-22-24-42-26-28-44-30-32-46-37-16-18-39-19-17-37/h1-15,37,39H,16-33H2. The molecule has 258 valence electrons. The number of piperidine rings is 1. The lowest BCUT2D eigenvalue weighted by Crippen LogP contribution is -2.34. The summed E-state index contributed by atoms with van der Waals surface area (Å²) in [5.41, 5.74) is 2.48. The van der Waals surface area contributed by atoms with Crippen molar-refractivity contribution in [3.63, 3.8) is 0 Å². The van der Waals surface area contributed by atoms with Crippen LogP contribution in [0, 0.1) is 0 Å². The third-order valence-corrected chi connectivity index (χ3v) is 7.81. The van der Waals surface area contributed by atoms with Gasteiger partial charge in [0.25, 0.3) is 0 Å². The van der Waals surface area contributed by atoms with Crippen LogP contribution >= 0.6 is 0 Å². The molecule has 1 saturated heterocycles. The highest BCUT2D eigenvalue weighted by atomic mass is 16.6. The van der Waals surface area contributed by atoms with Gasteiger partial charge in [-0.25, -0.2) is 0 Å². The lowest BCUT2D eigenvalue weighted by Gasteiger charge is -2.36. The van der Waals surface area contributed by atoms with Gasteiger partial charge in [0, 0.05) is 0 Å². The molecule has 1 heterocycles. The second kappa shape index (κ2) is 23.6. The van der Waals surface area contributed by atoms with Crippen molar-refractivity contribution in [3.8, 4) is 0 Å². The molecule has 0 amide bonds. The predicted molar refractivity (Wildman–Crippen MR) is 182 cm³/mol. The van der Waals surface area contributed by atoms with Crippen molar-refractivity contribution < 1.29 is 37.9 Å². The molecule has 1 aliphatic rings. The molecule has 9 nitrogen and oxygen atoms in total. The number of nitrogens with one attached hydrogen (secondary N) is 1. The van der Waals surface area contributed by atoms with Gasteiger partial charge in [0.15, 0.2) is 0 Å². The summed E-state index contributed by atoms with van der Waals surface area (Å²) < 4.78 is 46.3. The predicted octanol–water partition coefficient (Wildman–Crippen LogP) is 4.86. The monoisotopic (exact) mass is 651 g/mol. The first-order chi connectivity index (χ1) is 23.4. The molecule has 47 heavy (non-hydrogen) atoms. The lowest BCUT2D eigenvalue weighted by atomic mass is 9.80. The van der Waals surface area contributed by atoms with Gasteiger partial charge in [-0.05, 0) is 42.6 Å². The molecular formula is C38H53NO8. The van der Waals surface area contributed by atoms with Crippen LogP contribution in [0.3, 0.4) is 0 Å². The summed E-state index contributed by atoms with van der Waals surface area (Å²) in [6.45, 7) is 9.42. The second-order valence-corrected chi connectivity index (χ2v) is 11.1. The zero-order chi connectivity index (χ0) is 32.5. The Morgan fingerprint density at radius 3 is 1.11 bits per heavy atom. The Bertz CT molecular complexity index is 1050. The zero-order valence-corrected chi connectivity index (χ0v) is 27.7. The SMILES string of the molecule is c1ccc(C(OCCOCCOCCOCCOCCOCCOCCOC2CCNCC2)(c2ccccc2)c2ccccc2)cc1. The molecule has 0 aromatic heterocycles. The van der Waals surface area contributed by atoms with Gasteiger partial charge < -0.3 is 43.2 Å². The van der Waals surface area contributed by atoms with E-state index < -0.39 is 5.60 Å². The number of hydrogen-bond acceptors (Lipinski definition) is 9. The second-order valence-electron chi connectivity index (χ2n) is 11.1. The molecule has 0 saturated carbocycles. The topological polar surface area (TPSA) is 85.9 Å². The number of ether oxygens (including phenoxy) is 8. The summed E-state index contributed by atoms with van der Waals surface area (Å²) in [6, 6.07) is 31.1. The van der Waals surface area contributed by atoms with Gasteiger partial charge in [-0.2, -0.15) is 0 Å². The van der Waals surface area contributed by atoms with E-state index in [0.29, 0.717) is 98.6 Å². The van der Waals surface area contributed by atoms with E-state index in [1.54, 1.807) is 0 Å². The van der Waals surface area contributed by atoms with Crippen molar-refractivity contribution in [2.45, 2.75) is 24.5 Å².